The summed E-state index contributed by atoms with van der Waals surface area (Å²) in [4.78, 5) is 20.5. The van der Waals surface area contributed by atoms with Crippen molar-refractivity contribution in [1.29, 1.82) is 0 Å². The Labute approximate surface area is 108 Å². The van der Waals surface area contributed by atoms with Gasteiger partial charge in [-0.3, -0.25) is 9.59 Å². The first kappa shape index (κ1) is 16.9. The van der Waals surface area contributed by atoms with E-state index in [1.807, 2.05) is 0 Å². The topological polar surface area (TPSA) is 94.8 Å². The van der Waals surface area contributed by atoms with E-state index in [1.165, 1.54) is 0 Å². The van der Waals surface area contributed by atoms with Gasteiger partial charge in [0.15, 0.2) is 0 Å². The highest BCUT2D eigenvalue weighted by atomic mass is 16.4. The lowest BCUT2D eigenvalue weighted by Gasteiger charge is -2.08. The maximum absolute atomic E-state index is 10.3. The number of aliphatic hydroxyl groups is 1. The number of carboxylic acid groups (broad SMARTS) is 2. The van der Waals surface area contributed by atoms with Crippen molar-refractivity contribution in [2.45, 2.75) is 70.3 Å². The van der Waals surface area contributed by atoms with Crippen LogP contribution < -0.4 is 0 Å². The molecule has 0 saturated heterocycles. The molecule has 5 nitrogen and oxygen atoms in total. The fourth-order valence-corrected chi connectivity index (χ4v) is 1.80. The average Bonchev–Trinajstić information content (AvgIpc) is 2.29. The highest BCUT2D eigenvalue weighted by molar-refractivity contribution is 5.66. The Hall–Kier alpha value is -1.10. The SMILES string of the molecule is O=C(O)CCCCCCCCC(O)CCC(=O)O. The third-order valence-corrected chi connectivity index (χ3v) is 2.87. The minimum atomic E-state index is -0.868. The molecular weight excluding hydrogens is 236 g/mol. The van der Waals surface area contributed by atoms with E-state index < -0.39 is 18.0 Å². The number of carbonyl (C=O) groups is 2. The Morgan fingerprint density at radius 3 is 1.78 bits per heavy atom. The molecule has 0 aromatic heterocycles. The van der Waals surface area contributed by atoms with Crippen LogP contribution in [-0.2, 0) is 9.59 Å². The van der Waals surface area contributed by atoms with Crippen LogP contribution in [0.15, 0.2) is 0 Å². The maximum atomic E-state index is 10.3. The van der Waals surface area contributed by atoms with Crippen LogP contribution in [-0.4, -0.2) is 33.4 Å². The molecule has 3 N–H and O–H groups in total. The monoisotopic (exact) mass is 260 g/mol. The van der Waals surface area contributed by atoms with E-state index >= 15 is 0 Å². The molecule has 0 aliphatic rings. The number of unbranched alkanes of at least 4 members (excludes halogenated alkanes) is 5. The molecule has 0 rings (SSSR count). The van der Waals surface area contributed by atoms with Gasteiger partial charge >= 0.3 is 11.9 Å². The van der Waals surface area contributed by atoms with Crippen molar-refractivity contribution in [3.05, 3.63) is 0 Å². The maximum Gasteiger partial charge on any atom is 0.303 e. The van der Waals surface area contributed by atoms with E-state index in [9.17, 15) is 14.7 Å². The van der Waals surface area contributed by atoms with Crippen molar-refractivity contribution in [3.8, 4) is 0 Å². The summed E-state index contributed by atoms with van der Waals surface area (Å²) in [5.74, 6) is -1.61. The van der Waals surface area contributed by atoms with Crippen molar-refractivity contribution in [2.24, 2.45) is 0 Å². The summed E-state index contributed by atoms with van der Waals surface area (Å²) in [5, 5.41) is 26.3. The first-order valence-electron chi connectivity index (χ1n) is 6.64. The molecular formula is C13H24O5. The minimum Gasteiger partial charge on any atom is -0.481 e. The lowest BCUT2D eigenvalue weighted by atomic mass is 10.0. The van der Waals surface area contributed by atoms with Crippen molar-refractivity contribution >= 4 is 11.9 Å². The van der Waals surface area contributed by atoms with Gasteiger partial charge in [-0.2, -0.15) is 0 Å². The zero-order chi connectivity index (χ0) is 13.8. The molecule has 0 bridgehead atoms. The summed E-state index contributed by atoms with van der Waals surface area (Å²) in [6.07, 6.45) is 6.40. The van der Waals surface area contributed by atoms with Crippen LogP contribution >= 0.6 is 0 Å². The van der Waals surface area contributed by atoms with E-state index in [0.29, 0.717) is 12.8 Å². The van der Waals surface area contributed by atoms with E-state index in [4.69, 9.17) is 10.2 Å². The quantitative estimate of drug-likeness (QED) is 0.468. The van der Waals surface area contributed by atoms with Crippen molar-refractivity contribution in [2.75, 3.05) is 0 Å². The van der Waals surface area contributed by atoms with E-state index in [0.717, 1.165) is 38.5 Å². The first-order valence-corrected chi connectivity index (χ1v) is 6.64. The highest BCUT2D eigenvalue weighted by Gasteiger charge is 2.06. The Kier molecular flexibility index (Phi) is 10.3. The Morgan fingerprint density at radius 2 is 1.22 bits per heavy atom. The van der Waals surface area contributed by atoms with Crippen LogP contribution in [0.25, 0.3) is 0 Å². The van der Waals surface area contributed by atoms with E-state index in [2.05, 4.69) is 0 Å². The fraction of sp³-hybridized carbons (Fsp3) is 0.846. The van der Waals surface area contributed by atoms with Gasteiger partial charge in [0.05, 0.1) is 6.10 Å². The fourth-order valence-electron chi connectivity index (χ4n) is 1.80. The Morgan fingerprint density at radius 1 is 0.722 bits per heavy atom. The molecule has 18 heavy (non-hydrogen) atoms. The summed E-state index contributed by atoms with van der Waals surface area (Å²) in [5.41, 5.74) is 0. The molecule has 0 heterocycles. The zero-order valence-electron chi connectivity index (χ0n) is 10.8. The van der Waals surface area contributed by atoms with Gasteiger partial charge < -0.3 is 15.3 Å². The highest BCUT2D eigenvalue weighted by Crippen LogP contribution is 2.11. The summed E-state index contributed by atoms with van der Waals surface area (Å²) in [7, 11) is 0. The van der Waals surface area contributed by atoms with Gasteiger partial charge in [-0.1, -0.05) is 32.1 Å². The number of carboxylic acids is 2. The van der Waals surface area contributed by atoms with E-state index in [-0.39, 0.29) is 12.8 Å². The molecule has 0 amide bonds. The largest absolute Gasteiger partial charge is 0.481 e. The van der Waals surface area contributed by atoms with Crippen molar-refractivity contribution < 1.29 is 24.9 Å². The van der Waals surface area contributed by atoms with Crippen LogP contribution in [0, 0.1) is 0 Å². The predicted octanol–water partition coefficient (Wildman–Crippen LogP) is 2.42. The molecule has 0 radical (unpaired) electrons. The molecule has 1 unspecified atom stereocenters. The van der Waals surface area contributed by atoms with Crippen molar-refractivity contribution in [1.82, 2.24) is 0 Å². The summed E-state index contributed by atoms with van der Waals surface area (Å²) in [6.45, 7) is 0. The Balaban J connectivity index is 3.19. The molecule has 0 aliphatic heterocycles. The van der Waals surface area contributed by atoms with Gasteiger partial charge in [-0.15, -0.1) is 0 Å². The summed E-state index contributed by atoms with van der Waals surface area (Å²) in [6, 6.07) is 0. The molecule has 0 spiro atoms. The minimum absolute atomic E-state index is 0.0242. The smallest absolute Gasteiger partial charge is 0.303 e. The summed E-state index contributed by atoms with van der Waals surface area (Å²) >= 11 is 0. The van der Waals surface area contributed by atoms with Gasteiger partial charge in [0.1, 0.15) is 0 Å². The summed E-state index contributed by atoms with van der Waals surface area (Å²) < 4.78 is 0. The number of rotatable bonds is 12. The molecule has 5 heteroatoms. The second kappa shape index (κ2) is 11.0. The van der Waals surface area contributed by atoms with Gasteiger partial charge in [0.2, 0.25) is 0 Å². The first-order chi connectivity index (χ1) is 8.52. The Bertz CT molecular complexity index is 240. The van der Waals surface area contributed by atoms with Crippen LogP contribution in [0.1, 0.15) is 64.2 Å². The van der Waals surface area contributed by atoms with Crippen LogP contribution in [0.3, 0.4) is 0 Å². The van der Waals surface area contributed by atoms with Gasteiger partial charge in [-0.05, 0) is 19.3 Å². The van der Waals surface area contributed by atoms with Gasteiger partial charge in [-0.25, -0.2) is 0 Å². The molecule has 0 aliphatic carbocycles. The third-order valence-electron chi connectivity index (χ3n) is 2.87. The van der Waals surface area contributed by atoms with E-state index in [1.54, 1.807) is 0 Å². The second-order valence-electron chi connectivity index (χ2n) is 4.64. The number of aliphatic hydroxyl groups excluding tert-OH is 1. The third kappa shape index (κ3) is 13.0. The van der Waals surface area contributed by atoms with Gasteiger partial charge in [0, 0.05) is 12.8 Å². The van der Waals surface area contributed by atoms with Crippen molar-refractivity contribution in [3.63, 3.8) is 0 Å². The molecule has 106 valence electrons. The zero-order valence-corrected chi connectivity index (χ0v) is 10.8. The number of hydrogen-bond acceptors (Lipinski definition) is 3. The molecule has 0 fully saturated rings. The number of aliphatic carboxylic acids is 2. The normalized spacial score (nSPS) is 12.3. The van der Waals surface area contributed by atoms with Crippen LogP contribution in [0.4, 0.5) is 0 Å². The van der Waals surface area contributed by atoms with Crippen LogP contribution in [0.2, 0.25) is 0 Å². The molecule has 0 saturated carbocycles. The second-order valence-corrected chi connectivity index (χ2v) is 4.64. The van der Waals surface area contributed by atoms with Gasteiger partial charge in [0.25, 0.3) is 0 Å². The lowest BCUT2D eigenvalue weighted by Crippen LogP contribution is -2.09. The standard InChI is InChI=1S/C13H24O5/c14-11(9-10-13(17)18)7-5-3-1-2-4-6-8-12(15)16/h11,14H,1-10H2,(H,15,16)(H,17,18). The molecule has 0 aromatic carbocycles. The average molecular weight is 260 g/mol. The predicted molar refractivity (Wildman–Crippen MR) is 67.4 cm³/mol. The number of hydrogen-bond donors (Lipinski definition) is 3. The molecule has 0 aromatic rings. The van der Waals surface area contributed by atoms with Crippen LogP contribution in [0.5, 0.6) is 0 Å². The lowest BCUT2D eigenvalue weighted by molar-refractivity contribution is -0.138. The molecule has 1 atom stereocenters.